The van der Waals surface area contributed by atoms with E-state index in [0.717, 1.165) is 62.6 Å². The van der Waals surface area contributed by atoms with Crippen LogP contribution in [-0.4, -0.2) is 70.3 Å². The average molecular weight is 706 g/mol. The summed E-state index contributed by atoms with van der Waals surface area (Å²) in [6.07, 6.45) is 8.52. The van der Waals surface area contributed by atoms with E-state index in [1.165, 1.54) is 16.7 Å². The number of aryl methyl sites for hydroxylation is 2. The molecule has 5 rings (SSSR count). The molecule has 280 valence electrons. The third-order valence-corrected chi connectivity index (χ3v) is 11.3. The van der Waals surface area contributed by atoms with E-state index >= 15 is 0 Å². The molecule has 0 bridgehead atoms. The second-order valence-electron chi connectivity index (χ2n) is 16.9. The molecule has 51 heavy (non-hydrogen) atoms. The smallest absolute Gasteiger partial charge is 0.408 e. The van der Waals surface area contributed by atoms with Gasteiger partial charge in [-0.2, -0.15) is 0 Å². The topological polar surface area (TPSA) is 131 Å². The summed E-state index contributed by atoms with van der Waals surface area (Å²) >= 11 is 0. The number of alkyl carbamates (subject to hydrolysis) is 1. The third-order valence-electron chi connectivity index (χ3n) is 11.3. The van der Waals surface area contributed by atoms with Crippen LogP contribution in [0.15, 0.2) is 17.3 Å². The van der Waals surface area contributed by atoms with Gasteiger partial charge >= 0.3 is 6.09 Å². The minimum atomic E-state index is -0.981. The van der Waals surface area contributed by atoms with Crippen molar-refractivity contribution in [3.63, 3.8) is 0 Å². The molecule has 0 radical (unpaired) electrons. The van der Waals surface area contributed by atoms with Gasteiger partial charge in [-0.25, -0.2) is 4.79 Å². The van der Waals surface area contributed by atoms with Gasteiger partial charge in [-0.05, 0) is 105 Å². The van der Waals surface area contributed by atoms with Crippen molar-refractivity contribution >= 4 is 35.1 Å². The summed E-state index contributed by atoms with van der Waals surface area (Å²) in [5.41, 5.74) is 3.79. The fourth-order valence-corrected chi connectivity index (χ4v) is 8.26. The number of Topliss-reactive ketones (excluding diaryl/α,β-unsaturated/α-hetero) is 3. The summed E-state index contributed by atoms with van der Waals surface area (Å²) < 4.78 is 5.69. The predicted molar refractivity (Wildman–Crippen MR) is 195 cm³/mol. The number of nitrogens with zero attached hydrogens (tertiary/aromatic N) is 2. The molecule has 2 aliphatic carbocycles. The molecule has 1 N–H and O–H groups in total. The van der Waals surface area contributed by atoms with Gasteiger partial charge in [0.25, 0.3) is 0 Å². The Labute approximate surface area is 303 Å². The van der Waals surface area contributed by atoms with Gasteiger partial charge < -0.3 is 19.8 Å². The lowest BCUT2D eigenvalue weighted by atomic mass is 9.84. The maximum Gasteiger partial charge on any atom is 0.408 e. The van der Waals surface area contributed by atoms with Gasteiger partial charge in [0.2, 0.25) is 11.7 Å². The van der Waals surface area contributed by atoms with Gasteiger partial charge in [0, 0.05) is 31.6 Å². The summed E-state index contributed by atoms with van der Waals surface area (Å²) in [6.45, 7) is 14.0. The van der Waals surface area contributed by atoms with E-state index in [2.05, 4.69) is 43.4 Å². The summed E-state index contributed by atoms with van der Waals surface area (Å²) in [5.74, 6) is -1.96. The summed E-state index contributed by atoms with van der Waals surface area (Å²) in [4.78, 5) is 76.0. The number of ether oxygens (including phenoxy) is 1. The van der Waals surface area contributed by atoms with Crippen LogP contribution < -0.4 is 5.32 Å². The highest BCUT2D eigenvalue weighted by atomic mass is 16.7. The molecule has 1 aromatic rings. The van der Waals surface area contributed by atoms with Crippen molar-refractivity contribution in [1.29, 1.82) is 0 Å². The molecule has 3 fully saturated rings. The van der Waals surface area contributed by atoms with Crippen LogP contribution in [0, 0.1) is 31.1 Å². The number of oxime groups is 1. The maximum atomic E-state index is 14.6. The van der Waals surface area contributed by atoms with Crippen LogP contribution in [0.4, 0.5) is 4.79 Å². The molecule has 4 atom stereocenters. The van der Waals surface area contributed by atoms with Crippen molar-refractivity contribution in [2.45, 2.75) is 162 Å². The van der Waals surface area contributed by atoms with Crippen molar-refractivity contribution in [1.82, 2.24) is 10.2 Å². The van der Waals surface area contributed by atoms with E-state index in [-0.39, 0.29) is 37.7 Å². The first-order valence-electron chi connectivity index (χ1n) is 19.4. The highest BCUT2D eigenvalue weighted by Gasteiger charge is 2.55. The lowest BCUT2D eigenvalue weighted by molar-refractivity contribution is -0.143. The third kappa shape index (κ3) is 9.28. The molecular formula is C41H59N3O7. The summed E-state index contributed by atoms with van der Waals surface area (Å²) in [5, 5.41) is 7.40. The van der Waals surface area contributed by atoms with Crippen LogP contribution in [0.3, 0.4) is 0 Å². The van der Waals surface area contributed by atoms with Crippen molar-refractivity contribution < 1.29 is 33.5 Å². The highest BCUT2D eigenvalue weighted by molar-refractivity contribution is 6.38. The lowest BCUT2D eigenvalue weighted by Crippen LogP contribution is -2.57. The van der Waals surface area contributed by atoms with Crippen LogP contribution in [0.25, 0.3) is 0 Å². The quantitative estimate of drug-likeness (QED) is 0.192. The molecule has 2 saturated carbocycles. The number of hydrogen-bond acceptors (Lipinski definition) is 8. The Morgan fingerprint density at radius 3 is 2.27 bits per heavy atom. The Morgan fingerprint density at radius 1 is 1.02 bits per heavy atom. The first-order chi connectivity index (χ1) is 24.1. The molecule has 1 saturated heterocycles. The zero-order chi connectivity index (χ0) is 37.1. The number of amides is 2. The Morgan fingerprint density at radius 2 is 1.69 bits per heavy atom. The molecule has 2 aliphatic heterocycles. The van der Waals surface area contributed by atoms with Crippen molar-refractivity contribution in [2.75, 3.05) is 6.54 Å². The Balaban J connectivity index is 1.42. The van der Waals surface area contributed by atoms with Crippen molar-refractivity contribution in [2.24, 2.45) is 22.4 Å². The van der Waals surface area contributed by atoms with Crippen molar-refractivity contribution in [3.8, 4) is 0 Å². The van der Waals surface area contributed by atoms with Crippen molar-refractivity contribution in [3.05, 3.63) is 34.4 Å². The summed E-state index contributed by atoms with van der Waals surface area (Å²) in [7, 11) is 0. The number of hydrogen-bond donors (Lipinski definition) is 1. The number of ketones is 3. The fraction of sp³-hybridized carbons (Fsp3) is 0.707. The number of nitrogens with one attached hydrogen (secondary N) is 1. The Bertz CT molecular complexity index is 1510. The molecule has 2 amide bonds. The maximum absolute atomic E-state index is 14.6. The van der Waals surface area contributed by atoms with Crippen LogP contribution in [-0.2, 0) is 35.2 Å². The highest BCUT2D eigenvalue weighted by Crippen LogP contribution is 2.42. The van der Waals surface area contributed by atoms with Gasteiger partial charge in [-0.1, -0.05) is 59.0 Å². The van der Waals surface area contributed by atoms with E-state index in [1.54, 1.807) is 4.90 Å². The normalized spacial score (nSPS) is 23.2. The zero-order valence-electron chi connectivity index (χ0n) is 31.9. The van der Waals surface area contributed by atoms with Gasteiger partial charge in [0.15, 0.2) is 17.2 Å². The predicted octanol–water partition coefficient (Wildman–Crippen LogP) is 7.12. The molecule has 10 nitrogen and oxygen atoms in total. The number of likely N-dealkylation sites (tertiary alicyclic amines) is 1. The average Bonchev–Trinajstić information content (AvgIpc) is 3.41. The van der Waals surface area contributed by atoms with E-state index in [0.29, 0.717) is 25.2 Å². The van der Waals surface area contributed by atoms with Crippen LogP contribution in [0.1, 0.15) is 140 Å². The Hall–Kier alpha value is -3.56. The molecule has 0 aromatic heterocycles. The first kappa shape index (κ1) is 38.7. The molecule has 2 heterocycles. The molecular weight excluding hydrogens is 646 g/mol. The minimum Gasteiger partial charge on any atom is -0.446 e. The molecule has 4 aliphatic rings. The van der Waals surface area contributed by atoms with Crippen LogP contribution >= 0.6 is 0 Å². The number of rotatable bonds is 15. The lowest BCUT2D eigenvalue weighted by Gasteiger charge is -2.35. The van der Waals surface area contributed by atoms with Gasteiger partial charge in [0.1, 0.15) is 12.1 Å². The number of benzene rings is 1. The molecule has 1 aromatic carbocycles. The minimum absolute atomic E-state index is 0.100. The fourth-order valence-electron chi connectivity index (χ4n) is 8.26. The molecule has 1 spiro atoms. The second-order valence-corrected chi connectivity index (χ2v) is 16.9. The van der Waals surface area contributed by atoms with Crippen LogP contribution in [0.2, 0.25) is 0 Å². The second kappa shape index (κ2) is 16.0. The van der Waals surface area contributed by atoms with E-state index in [1.807, 2.05) is 27.7 Å². The standard InChI is InChI=1S/C41H59N3O7/c1-8-12-31-25(3)18-28(19-26(31)4)32-22-41(51-43-32)23-33(35(46)21-29(20-27-16-17-27)36(47)34(45)13-9-2)44(24-41)38(48)37(40(5,6)7)42-39(49)50-30-14-10-11-15-30/h18-19,27,29-30,33,37H,8-17,20-24H2,1-7H3,(H,42,49)/t29-,33+,37-,41-/m1/s1. The number of carbonyl (C=O) groups excluding carboxylic acids is 5. The van der Waals surface area contributed by atoms with Gasteiger partial charge in [0.05, 0.1) is 18.3 Å². The zero-order valence-corrected chi connectivity index (χ0v) is 31.9. The SMILES string of the molecule is CCCC(=O)C(=O)[C@@H](CC(=O)[C@@H]1C[C@]2(CC(c3cc(C)c(CCC)c(C)c3)=NO2)CN1C(=O)[C@@H](NC(=O)OC1CCCC1)C(C)(C)C)CC1CC1. The van der Waals surface area contributed by atoms with E-state index in [9.17, 15) is 24.0 Å². The van der Waals surface area contributed by atoms with Crippen LogP contribution in [0.5, 0.6) is 0 Å². The number of carbonyl (C=O) groups is 5. The van der Waals surface area contributed by atoms with E-state index < -0.39 is 52.6 Å². The monoisotopic (exact) mass is 705 g/mol. The molecule has 0 unspecified atom stereocenters. The molecule has 10 heteroatoms. The largest absolute Gasteiger partial charge is 0.446 e. The Kier molecular flexibility index (Phi) is 12.1. The van der Waals surface area contributed by atoms with Gasteiger partial charge in [-0.15, -0.1) is 0 Å². The first-order valence-corrected chi connectivity index (χ1v) is 19.4. The summed E-state index contributed by atoms with van der Waals surface area (Å²) in [6, 6.07) is 2.38. The van der Waals surface area contributed by atoms with E-state index in [4.69, 9.17) is 9.57 Å². The van der Waals surface area contributed by atoms with Gasteiger partial charge in [-0.3, -0.25) is 19.2 Å².